The predicted molar refractivity (Wildman–Crippen MR) is 105 cm³/mol. The highest BCUT2D eigenvalue weighted by Gasteiger charge is 2.37. The van der Waals surface area contributed by atoms with Gasteiger partial charge in [0.2, 0.25) is 11.8 Å². The Kier molecular flexibility index (Phi) is 6.64. The zero-order valence-electron chi connectivity index (χ0n) is 16.5. The molecule has 1 atom stereocenters. The summed E-state index contributed by atoms with van der Waals surface area (Å²) in [4.78, 5) is 26.3. The zero-order valence-corrected chi connectivity index (χ0v) is 16.5. The van der Waals surface area contributed by atoms with Crippen LogP contribution in [0.25, 0.3) is 6.08 Å². The lowest BCUT2D eigenvalue weighted by molar-refractivity contribution is -0.137. The topological polar surface area (TPSA) is 62.6 Å². The van der Waals surface area contributed by atoms with Gasteiger partial charge < -0.3 is 14.6 Å². The van der Waals surface area contributed by atoms with Crippen LogP contribution in [0.3, 0.4) is 0 Å². The monoisotopic (exact) mass is 420 g/mol. The van der Waals surface area contributed by atoms with Crippen molar-refractivity contribution in [3.8, 4) is 0 Å². The Hall–Kier alpha value is -3.03. The maximum absolute atomic E-state index is 13.0. The number of rotatable bonds is 8. The number of nitrogens with zero attached hydrogens (tertiary/aromatic N) is 1. The molecule has 8 heteroatoms. The van der Waals surface area contributed by atoms with Gasteiger partial charge >= 0.3 is 6.18 Å². The molecule has 0 bridgehead atoms. The minimum atomic E-state index is -4.43. The molecule has 1 aliphatic rings. The lowest BCUT2D eigenvalue weighted by atomic mass is 10.0. The van der Waals surface area contributed by atoms with Crippen LogP contribution in [-0.2, 0) is 15.8 Å². The van der Waals surface area contributed by atoms with Gasteiger partial charge in [0.15, 0.2) is 0 Å². The SMILES string of the molecule is CC(c1cccc(C(F)(F)F)c1)N(C(=O)CCNC(=O)/C=C/c1ccco1)C1CC1. The van der Waals surface area contributed by atoms with Gasteiger partial charge in [-0.15, -0.1) is 0 Å². The second-order valence-corrected chi connectivity index (χ2v) is 7.22. The van der Waals surface area contributed by atoms with Crippen molar-refractivity contribution in [3.63, 3.8) is 0 Å². The van der Waals surface area contributed by atoms with Gasteiger partial charge in [-0.05, 0) is 55.7 Å². The molecule has 0 saturated heterocycles. The second-order valence-electron chi connectivity index (χ2n) is 7.22. The Morgan fingerprint density at radius 3 is 2.67 bits per heavy atom. The molecule has 3 rings (SSSR count). The zero-order chi connectivity index (χ0) is 21.7. The number of carbonyl (C=O) groups excluding carboxylic acids is 2. The van der Waals surface area contributed by atoms with E-state index in [1.165, 1.54) is 24.5 Å². The molecule has 30 heavy (non-hydrogen) atoms. The van der Waals surface area contributed by atoms with Crippen LogP contribution in [0.1, 0.15) is 49.1 Å². The second kappa shape index (κ2) is 9.19. The van der Waals surface area contributed by atoms with Crippen LogP contribution in [-0.4, -0.2) is 29.3 Å². The normalized spacial score (nSPS) is 15.2. The van der Waals surface area contributed by atoms with Crippen LogP contribution in [0.5, 0.6) is 0 Å². The van der Waals surface area contributed by atoms with Crippen molar-refractivity contribution in [1.82, 2.24) is 10.2 Å². The first-order chi connectivity index (χ1) is 14.3. The van der Waals surface area contributed by atoms with Crippen LogP contribution in [0.15, 0.2) is 53.2 Å². The maximum Gasteiger partial charge on any atom is 0.416 e. The minimum absolute atomic E-state index is 0.0246. The van der Waals surface area contributed by atoms with Crippen LogP contribution in [0, 0.1) is 0 Å². The van der Waals surface area contributed by atoms with Gasteiger partial charge in [0, 0.05) is 25.1 Å². The van der Waals surface area contributed by atoms with Crippen molar-refractivity contribution in [2.45, 2.75) is 44.4 Å². The summed E-state index contributed by atoms with van der Waals surface area (Å²) < 4.78 is 44.2. The molecule has 2 aromatic rings. The van der Waals surface area contributed by atoms with Crippen LogP contribution in [0.2, 0.25) is 0 Å². The number of alkyl halides is 3. The summed E-state index contributed by atoms with van der Waals surface area (Å²) in [5.41, 5.74) is -0.291. The highest BCUT2D eigenvalue weighted by molar-refractivity contribution is 5.91. The van der Waals surface area contributed by atoms with E-state index in [9.17, 15) is 22.8 Å². The summed E-state index contributed by atoms with van der Waals surface area (Å²) in [6, 6.07) is 8.02. The number of benzene rings is 1. The maximum atomic E-state index is 13.0. The van der Waals surface area contributed by atoms with Gasteiger partial charge in [0.25, 0.3) is 0 Å². The average Bonchev–Trinajstić information content (AvgIpc) is 3.39. The molecule has 1 N–H and O–H groups in total. The van der Waals surface area contributed by atoms with Crippen molar-refractivity contribution in [3.05, 3.63) is 65.6 Å². The third kappa shape index (κ3) is 5.75. The summed E-state index contributed by atoms with van der Waals surface area (Å²) in [6.45, 7) is 1.87. The molecule has 0 aliphatic heterocycles. The van der Waals surface area contributed by atoms with Gasteiger partial charge in [-0.25, -0.2) is 0 Å². The summed E-state index contributed by atoms with van der Waals surface area (Å²) in [5, 5.41) is 2.63. The number of halogens is 3. The number of carbonyl (C=O) groups is 2. The average molecular weight is 420 g/mol. The Morgan fingerprint density at radius 2 is 2.03 bits per heavy atom. The third-order valence-corrected chi connectivity index (χ3v) is 4.92. The van der Waals surface area contributed by atoms with E-state index in [1.54, 1.807) is 30.0 Å². The minimum Gasteiger partial charge on any atom is -0.465 e. The molecule has 0 radical (unpaired) electrons. The van der Waals surface area contributed by atoms with Crippen molar-refractivity contribution < 1.29 is 27.2 Å². The molecule has 1 heterocycles. The fraction of sp³-hybridized carbons (Fsp3) is 0.364. The van der Waals surface area contributed by atoms with Crippen molar-refractivity contribution in [2.75, 3.05) is 6.54 Å². The highest BCUT2D eigenvalue weighted by atomic mass is 19.4. The summed E-state index contributed by atoms with van der Waals surface area (Å²) >= 11 is 0. The van der Waals surface area contributed by atoms with Gasteiger partial charge in [-0.2, -0.15) is 13.2 Å². The van der Waals surface area contributed by atoms with Crippen molar-refractivity contribution in [1.29, 1.82) is 0 Å². The third-order valence-electron chi connectivity index (χ3n) is 4.92. The van der Waals surface area contributed by atoms with E-state index in [1.807, 2.05) is 0 Å². The van der Waals surface area contributed by atoms with Gasteiger partial charge in [0.05, 0.1) is 17.9 Å². The molecule has 1 aromatic carbocycles. The first-order valence-corrected chi connectivity index (χ1v) is 9.73. The van der Waals surface area contributed by atoms with E-state index in [-0.39, 0.29) is 30.8 Å². The Bertz CT molecular complexity index is 903. The van der Waals surface area contributed by atoms with Crippen LogP contribution < -0.4 is 5.32 Å². The molecular weight excluding hydrogens is 397 g/mol. The molecule has 5 nitrogen and oxygen atoms in total. The summed E-state index contributed by atoms with van der Waals surface area (Å²) in [5.74, 6) is -0.0168. The molecule has 1 aromatic heterocycles. The predicted octanol–water partition coefficient (Wildman–Crippen LogP) is 4.57. The molecular formula is C22H23F3N2O3. The van der Waals surface area contributed by atoms with Gasteiger partial charge in [0.1, 0.15) is 5.76 Å². The summed E-state index contributed by atoms with van der Waals surface area (Å²) in [7, 11) is 0. The Labute approximate surface area is 172 Å². The van der Waals surface area contributed by atoms with Crippen molar-refractivity contribution in [2.24, 2.45) is 0 Å². The van der Waals surface area contributed by atoms with E-state index in [4.69, 9.17) is 4.42 Å². The standard InChI is InChI=1S/C22H23F3N2O3/c1-15(16-4-2-5-17(14-16)22(23,24)25)27(18-7-8-18)21(29)11-12-26-20(28)10-9-19-6-3-13-30-19/h2-6,9-10,13-15,18H,7-8,11-12H2,1H3,(H,26,28)/b10-9+. The van der Waals surface area contributed by atoms with Crippen LogP contribution >= 0.6 is 0 Å². The first-order valence-electron chi connectivity index (χ1n) is 9.73. The highest BCUT2D eigenvalue weighted by Crippen LogP contribution is 2.37. The number of amides is 2. The van der Waals surface area contributed by atoms with E-state index in [0.717, 1.165) is 25.0 Å². The van der Waals surface area contributed by atoms with Gasteiger partial charge in [-0.1, -0.05) is 12.1 Å². The fourth-order valence-electron chi connectivity index (χ4n) is 3.25. The largest absolute Gasteiger partial charge is 0.465 e. The number of furan rings is 1. The molecule has 2 amide bonds. The lowest BCUT2D eigenvalue weighted by Crippen LogP contribution is -2.37. The Morgan fingerprint density at radius 1 is 1.27 bits per heavy atom. The Balaban J connectivity index is 1.58. The van der Waals surface area contributed by atoms with E-state index in [2.05, 4.69) is 5.32 Å². The van der Waals surface area contributed by atoms with E-state index < -0.39 is 17.8 Å². The van der Waals surface area contributed by atoms with Gasteiger partial charge in [-0.3, -0.25) is 9.59 Å². The number of hydrogen-bond donors (Lipinski definition) is 1. The molecule has 0 spiro atoms. The fourth-order valence-corrected chi connectivity index (χ4v) is 3.25. The summed E-state index contributed by atoms with van der Waals surface area (Å²) in [6.07, 6.45) is 1.61. The first kappa shape index (κ1) is 21.7. The number of hydrogen-bond acceptors (Lipinski definition) is 3. The molecule has 1 unspecified atom stereocenters. The molecule has 1 fully saturated rings. The molecule has 1 aliphatic carbocycles. The van der Waals surface area contributed by atoms with Crippen LogP contribution in [0.4, 0.5) is 13.2 Å². The smallest absolute Gasteiger partial charge is 0.416 e. The van der Waals surface area contributed by atoms with E-state index >= 15 is 0 Å². The lowest BCUT2D eigenvalue weighted by Gasteiger charge is -2.30. The molecule has 160 valence electrons. The van der Waals surface area contributed by atoms with E-state index in [0.29, 0.717) is 11.3 Å². The van der Waals surface area contributed by atoms with Crippen molar-refractivity contribution >= 4 is 17.9 Å². The quantitative estimate of drug-likeness (QED) is 0.637. The number of nitrogens with one attached hydrogen (secondary N) is 1. The molecule has 1 saturated carbocycles.